The molecule has 1 fully saturated rings. The van der Waals surface area contributed by atoms with Crippen molar-refractivity contribution in [3.63, 3.8) is 0 Å². The van der Waals surface area contributed by atoms with Crippen molar-refractivity contribution in [2.24, 2.45) is 11.8 Å². The van der Waals surface area contributed by atoms with Crippen LogP contribution >= 0.6 is 0 Å². The predicted octanol–water partition coefficient (Wildman–Crippen LogP) is 3.82. The molecular formula is C16H22O2. The minimum atomic E-state index is -0.642. The van der Waals surface area contributed by atoms with Crippen LogP contribution < -0.4 is 0 Å². The highest BCUT2D eigenvalue weighted by molar-refractivity contribution is 5.67. The highest BCUT2D eigenvalue weighted by atomic mass is 16.4. The van der Waals surface area contributed by atoms with Crippen molar-refractivity contribution in [2.45, 2.75) is 45.4 Å². The molecule has 1 aliphatic carbocycles. The van der Waals surface area contributed by atoms with Gasteiger partial charge in [-0.05, 0) is 49.1 Å². The standard InChI is InChI=1S/C16H22O2/c1-12-6-2-3-7-13(12)10-14-8-4-5-9-15(14)11-16(17)18/h2-3,6-7,14-15H,4-5,8-11H2,1H3,(H,17,18). The Hall–Kier alpha value is -1.31. The Balaban J connectivity index is 2.05. The fourth-order valence-corrected chi connectivity index (χ4v) is 3.17. The van der Waals surface area contributed by atoms with Gasteiger partial charge >= 0.3 is 5.97 Å². The van der Waals surface area contributed by atoms with Crippen LogP contribution in [0.25, 0.3) is 0 Å². The second-order valence-corrected chi connectivity index (χ2v) is 5.53. The van der Waals surface area contributed by atoms with Crippen molar-refractivity contribution in [2.75, 3.05) is 0 Å². The summed E-state index contributed by atoms with van der Waals surface area (Å²) in [4.78, 5) is 10.9. The zero-order valence-electron chi connectivity index (χ0n) is 11.1. The number of aryl methyl sites for hydroxylation is 1. The van der Waals surface area contributed by atoms with Gasteiger partial charge in [0, 0.05) is 6.42 Å². The van der Waals surface area contributed by atoms with Crippen molar-refractivity contribution in [3.8, 4) is 0 Å². The van der Waals surface area contributed by atoms with Crippen molar-refractivity contribution in [1.82, 2.24) is 0 Å². The molecule has 2 atom stereocenters. The number of carboxylic acid groups (broad SMARTS) is 1. The quantitative estimate of drug-likeness (QED) is 0.877. The van der Waals surface area contributed by atoms with E-state index in [1.807, 2.05) is 0 Å². The summed E-state index contributed by atoms with van der Waals surface area (Å²) in [6, 6.07) is 8.47. The summed E-state index contributed by atoms with van der Waals surface area (Å²) < 4.78 is 0. The molecule has 2 unspecified atom stereocenters. The van der Waals surface area contributed by atoms with Crippen LogP contribution in [0.3, 0.4) is 0 Å². The van der Waals surface area contributed by atoms with Gasteiger partial charge < -0.3 is 5.11 Å². The fraction of sp³-hybridized carbons (Fsp3) is 0.562. The highest BCUT2D eigenvalue weighted by Crippen LogP contribution is 2.35. The van der Waals surface area contributed by atoms with E-state index in [0.29, 0.717) is 18.3 Å². The minimum Gasteiger partial charge on any atom is -0.481 e. The molecule has 2 heteroatoms. The van der Waals surface area contributed by atoms with Gasteiger partial charge in [0.15, 0.2) is 0 Å². The van der Waals surface area contributed by atoms with Gasteiger partial charge in [0.25, 0.3) is 0 Å². The number of hydrogen-bond acceptors (Lipinski definition) is 1. The summed E-state index contributed by atoms with van der Waals surface area (Å²) in [7, 11) is 0. The SMILES string of the molecule is Cc1ccccc1CC1CCCCC1CC(=O)O. The molecule has 0 amide bonds. The average Bonchev–Trinajstić information content (AvgIpc) is 2.34. The minimum absolute atomic E-state index is 0.344. The number of hydrogen-bond donors (Lipinski definition) is 1. The first-order chi connectivity index (χ1) is 8.66. The molecule has 0 aliphatic heterocycles. The summed E-state index contributed by atoms with van der Waals surface area (Å²) in [5, 5.41) is 9.00. The first kappa shape index (κ1) is 13.1. The van der Waals surface area contributed by atoms with Crippen LogP contribution in [0.1, 0.15) is 43.2 Å². The number of rotatable bonds is 4. The van der Waals surface area contributed by atoms with E-state index in [0.717, 1.165) is 12.8 Å². The van der Waals surface area contributed by atoms with Gasteiger partial charge in [-0.1, -0.05) is 37.1 Å². The highest BCUT2D eigenvalue weighted by Gasteiger charge is 2.27. The van der Waals surface area contributed by atoms with Gasteiger partial charge in [-0.2, -0.15) is 0 Å². The summed E-state index contributed by atoms with van der Waals surface area (Å²) in [6.07, 6.45) is 6.12. The summed E-state index contributed by atoms with van der Waals surface area (Å²) in [6.45, 7) is 2.14. The average molecular weight is 246 g/mol. The molecule has 1 saturated carbocycles. The van der Waals surface area contributed by atoms with Gasteiger partial charge in [0.2, 0.25) is 0 Å². The van der Waals surface area contributed by atoms with Gasteiger partial charge in [0.1, 0.15) is 0 Å². The van der Waals surface area contributed by atoms with Crippen LogP contribution in [0.5, 0.6) is 0 Å². The van der Waals surface area contributed by atoms with E-state index in [2.05, 4.69) is 31.2 Å². The topological polar surface area (TPSA) is 37.3 Å². The van der Waals surface area contributed by atoms with Crippen molar-refractivity contribution in [3.05, 3.63) is 35.4 Å². The number of carbonyl (C=O) groups is 1. The zero-order chi connectivity index (χ0) is 13.0. The molecule has 0 heterocycles. The van der Waals surface area contributed by atoms with E-state index >= 15 is 0 Å². The lowest BCUT2D eigenvalue weighted by atomic mass is 9.74. The lowest BCUT2D eigenvalue weighted by Crippen LogP contribution is -2.24. The monoisotopic (exact) mass is 246 g/mol. The molecule has 0 bridgehead atoms. The molecule has 1 aromatic rings. The smallest absolute Gasteiger partial charge is 0.303 e. The van der Waals surface area contributed by atoms with E-state index in [9.17, 15) is 4.79 Å². The fourth-order valence-electron chi connectivity index (χ4n) is 3.17. The lowest BCUT2D eigenvalue weighted by molar-refractivity contribution is -0.138. The predicted molar refractivity (Wildman–Crippen MR) is 72.6 cm³/mol. The van der Waals surface area contributed by atoms with Gasteiger partial charge in [-0.15, -0.1) is 0 Å². The molecule has 18 heavy (non-hydrogen) atoms. The Morgan fingerprint density at radius 2 is 1.89 bits per heavy atom. The maximum Gasteiger partial charge on any atom is 0.303 e. The molecule has 0 saturated heterocycles. The third-order valence-electron chi connectivity index (χ3n) is 4.25. The first-order valence-corrected chi connectivity index (χ1v) is 6.93. The maximum absolute atomic E-state index is 10.9. The van der Waals surface area contributed by atoms with E-state index in [1.165, 1.54) is 30.4 Å². The molecule has 2 rings (SSSR count). The molecule has 1 aliphatic rings. The third-order valence-corrected chi connectivity index (χ3v) is 4.25. The van der Waals surface area contributed by atoms with Crippen LogP contribution in [0.4, 0.5) is 0 Å². The lowest BCUT2D eigenvalue weighted by Gasteiger charge is -2.31. The summed E-state index contributed by atoms with van der Waals surface area (Å²) in [5.41, 5.74) is 2.72. The molecule has 0 radical (unpaired) electrons. The van der Waals surface area contributed by atoms with Crippen LogP contribution in [0, 0.1) is 18.8 Å². The third kappa shape index (κ3) is 3.34. The maximum atomic E-state index is 10.9. The van der Waals surface area contributed by atoms with E-state index in [1.54, 1.807) is 0 Å². The zero-order valence-corrected chi connectivity index (χ0v) is 11.1. The molecule has 0 spiro atoms. The van der Waals surface area contributed by atoms with Crippen molar-refractivity contribution < 1.29 is 9.90 Å². The van der Waals surface area contributed by atoms with E-state index in [4.69, 9.17) is 5.11 Å². The normalized spacial score (nSPS) is 23.8. The van der Waals surface area contributed by atoms with Crippen LogP contribution in [-0.4, -0.2) is 11.1 Å². The first-order valence-electron chi connectivity index (χ1n) is 6.93. The van der Waals surface area contributed by atoms with Gasteiger partial charge in [-0.3, -0.25) is 4.79 Å². The van der Waals surface area contributed by atoms with Crippen LogP contribution in [-0.2, 0) is 11.2 Å². The Bertz CT molecular complexity index is 411. The largest absolute Gasteiger partial charge is 0.481 e. The molecular weight excluding hydrogens is 224 g/mol. The van der Waals surface area contributed by atoms with Crippen molar-refractivity contribution in [1.29, 1.82) is 0 Å². The summed E-state index contributed by atoms with van der Waals surface area (Å²) >= 11 is 0. The van der Waals surface area contributed by atoms with Gasteiger partial charge in [0.05, 0.1) is 0 Å². The van der Waals surface area contributed by atoms with E-state index in [-0.39, 0.29) is 0 Å². The molecule has 1 N–H and O–H groups in total. The number of carboxylic acids is 1. The van der Waals surface area contributed by atoms with Gasteiger partial charge in [-0.25, -0.2) is 0 Å². The molecule has 2 nitrogen and oxygen atoms in total. The Morgan fingerprint density at radius 1 is 1.22 bits per heavy atom. The number of benzene rings is 1. The van der Waals surface area contributed by atoms with Crippen molar-refractivity contribution >= 4 is 5.97 Å². The Kier molecular flexibility index (Phi) is 4.40. The second-order valence-electron chi connectivity index (χ2n) is 5.53. The number of aliphatic carboxylic acids is 1. The van der Waals surface area contributed by atoms with Crippen LogP contribution in [0.2, 0.25) is 0 Å². The Morgan fingerprint density at radius 3 is 2.56 bits per heavy atom. The molecule has 98 valence electrons. The summed E-state index contributed by atoms with van der Waals surface area (Å²) in [5.74, 6) is 0.281. The second kappa shape index (κ2) is 6.03. The Labute approximate surface area is 109 Å². The molecule has 0 aromatic heterocycles. The van der Waals surface area contributed by atoms with E-state index < -0.39 is 5.97 Å². The van der Waals surface area contributed by atoms with Crippen LogP contribution in [0.15, 0.2) is 24.3 Å². The molecule has 1 aromatic carbocycles.